The molecule has 2 N–H and O–H groups in total. The minimum atomic E-state index is -0.399. The van der Waals surface area contributed by atoms with Gasteiger partial charge in [-0.2, -0.15) is 0 Å². The molecule has 0 bridgehead atoms. The second-order valence-corrected chi connectivity index (χ2v) is 6.90. The Balaban J connectivity index is 1.89. The quantitative estimate of drug-likeness (QED) is 0.523. The summed E-state index contributed by atoms with van der Waals surface area (Å²) < 4.78 is 5.81. The van der Waals surface area contributed by atoms with Gasteiger partial charge in [0.1, 0.15) is 16.9 Å². The fourth-order valence-electron chi connectivity index (χ4n) is 2.47. The molecule has 0 saturated carbocycles. The molecule has 2 aromatic carbocycles. The lowest BCUT2D eigenvalue weighted by Gasteiger charge is -2.05. The summed E-state index contributed by atoms with van der Waals surface area (Å²) in [7, 11) is 0. The van der Waals surface area contributed by atoms with Crippen LogP contribution in [-0.2, 0) is 0 Å². The van der Waals surface area contributed by atoms with Gasteiger partial charge in [0.2, 0.25) is 5.55 Å². The fourth-order valence-corrected chi connectivity index (χ4v) is 3.17. The molecule has 0 unspecified atom stereocenters. The number of halogens is 1. The number of rotatable bonds is 3. The fraction of sp³-hybridized carbons (Fsp3) is 0. The molecule has 134 valence electrons. The Bertz CT molecular complexity index is 1200. The maximum absolute atomic E-state index is 12.8. The molecule has 0 aliphatic carbocycles. The predicted octanol–water partition coefficient (Wildman–Crippen LogP) is 4.73. The number of hydrogen-bond donors (Lipinski definition) is 2. The lowest BCUT2D eigenvalue weighted by Crippen LogP contribution is -2.21. The van der Waals surface area contributed by atoms with E-state index in [1.54, 1.807) is 48.0 Å². The summed E-state index contributed by atoms with van der Waals surface area (Å²) in [5.41, 5.74) is 1.28. The van der Waals surface area contributed by atoms with Crippen molar-refractivity contribution >= 4 is 50.6 Å². The SMILES string of the molecule is O=C(Nc1nccs1)c1cc2ccc(O)cc2oc1=Nc1cccc(Cl)c1. The van der Waals surface area contributed by atoms with E-state index in [1.165, 1.54) is 23.5 Å². The first-order valence-electron chi connectivity index (χ1n) is 7.86. The lowest BCUT2D eigenvalue weighted by molar-refractivity contribution is 0.102. The minimum Gasteiger partial charge on any atom is -0.508 e. The monoisotopic (exact) mass is 397 g/mol. The first-order valence-corrected chi connectivity index (χ1v) is 9.12. The molecule has 6 nitrogen and oxygen atoms in total. The predicted molar refractivity (Wildman–Crippen MR) is 105 cm³/mol. The molecule has 2 aromatic heterocycles. The summed E-state index contributed by atoms with van der Waals surface area (Å²) >= 11 is 7.32. The number of thiazole rings is 1. The van der Waals surface area contributed by atoms with E-state index >= 15 is 0 Å². The molecule has 0 atom stereocenters. The van der Waals surface area contributed by atoms with Crippen molar-refractivity contribution in [2.45, 2.75) is 0 Å². The van der Waals surface area contributed by atoms with Crippen molar-refractivity contribution in [1.29, 1.82) is 0 Å². The van der Waals surface area contributed by atoms with Crippen LogP contribution in [-0.4, -0.2) is 16.0 Å². The molecule has 4 aromatic rings. The van der Waals surface area contributed by atoms with E-state index in [2.05, 4.69) is 15.3 Å². The zero-order valence-electron chi connectivity index (χ0n) is 13.7. The van der Waals surface area contributed by atoms with Gasteiger partial charge < -0.3 is 9.52 Å². The first-order chi connectivity index (χ1) is 13.1. The zero-order valence-corrected chi connectivity index (χ0v) is 15.3. The number of hydrogen-bond acceptors (Lipinski definition) is 6. The van der Waals surface area contributed by atoms with Crippen molar-refractivity contribution in [2.75, 3.05) is 5.32 Å². The van der Waals surface area contributed by atoms with Gasteiger partial charge in [0.25, 0.3) is 5.91 Å². The third-order valence-corrected chi connectivity index (χ3v) is 4.59. The largest absolute Gasteiger partial charge is 0.508 e. The summed E-state index contributed by atoms with van der Waals surface area (Å²) in [4.78, 5) is 21.2. The topological polar surface area (TPSA) is 87.7 Å². The Kier molecular flexibility index (Phi) is 4.62. The maximum atomic E-state index is 12.8. The molecule has 1 amide bonds. The molecule has 8 heteroatoms. The molecule has 0 aliphatic rings. The standard InChI is InChI=1S/C19H12ClN3O3S/c20-12-2-1-3-13(9-12)22-18-15(17(25)23-19-21-6-7-27-19)8-11-4-5-14(24)10-16(11)26-18/h1-10,24H,(H,21,23,25). The number of carbonyl (C=O) groups excluding carboxylic acids is 1. The molecule has 0 aliphatic heterocycles. The Morgan fingerprint density at radius 2 is 2.11 bits per heavy atom. The van der Waals surface area contributed by atoms with E-state index in [0.717, 1.165) is 0 Å². The maximum Gasteiger partial charge on any atom is 0.262 e. The Hall–Kier alpha value is -3.16. The summed E-state index contributed by atoms with van der Waals surface area (Å²) in [5.74, 6) is -0.343. The van der Waals surface area contributed by atoms with Crippen LogP contribution < -0.4 is 10.9 Å². The van der Waals surface area contributed by atoms with Crippen molar-refractivity contribution < 1.29 is 14.3 Å². The van der Waals surface area contributed by atoms with Crippen LogP contribution in [0, 0.1) is 0 Å². The van der Waals surface area contributed by atoms with Crippen LogP contribution in [0.3, 0.4) is 0 Å². The van der Waals surface area contributed by atoms with Crippen LogP contribution in [0.5, 0.6) is 5.75 Å². The number of anilines is 1. The van der Waals surface area contributed by atoms with Gasteiger partial charge in [-0.1, -0.05) is 17.7 Å². The van der Waals surface area contributed by atoms with Crippen LogP contribution in [0.15, 0.2) is 69.5 Å². The van der Waals surface area contributed by atoms with Crippen molar-refractivity contribution in [1.82, 2.24) is 4.98 Å². The van der Waals surface area contributed by atoms with Gasteiger partial charge in [-0.3, -0.25) is 10.1 Å². The summed E-state index contributed by atoms with van der Waals surface area (Å²) in [6.07, 6.45) is 1.60. The lowest BCUT2D eigenvalue weighted by atomic mass is 10.1. The molecule has 0 saturated heterocycles. The van der Waals surface area contributed by atoms with Gasteiger partial charge >= 0.3 is 0 Å². The van der Waals surface area contributed by atoms with E-state index in [-0.39, 0.29) is 16.9 Å². The van der Waals surface area contributed by atoms with Gasteiger partial charge in [-0.15, -0.1) is 11.3 Å². The number of amides is 1. The van der Waals surface area contributed by atoms with Gasteiger partial charge in [0, 0.05) is 28.1 Å². The molecule has 27 heavy (non-hydrogen) atoms. The highest BCUT2D eigenvalue weighted by atomic mass is 35.5. The van der Waals surface area contributed by atoms with Crippen LogP contribution in [0.25, 0.3) is 11.0 Å². The number of nitrogens with one attached hydrogen (secondary N) is 1. The third kappa shape index (κ3) is 3.84. The molecule has 0 radical (unpaired) electrons. The highest BCUT2D eigenvalue weighted by molar-refractivity contribution is 7.13. The van der Waals surface area contributed by atoms with Gasteiger partial charge in [0.15, 0.2) is 5.13 Å². The number of carbonyl (C=O) groups is 1. The van der Waals surface area contributed by atoms with Crippen LogP contribution in [0.2, 0.25) is 5.02 Å². The smallest absolute Gasteiger partial charge is 0.262 e. The normalized spacial score (nSPS) is 11.7. The highest BCUT2D eigenvalue weighted by Gasteiger charge is 2.14. The number of aromatic nitrogens is 1. The summed E-state index contributed by atoms with van der Waals surface area (Å²) in [5, 5.41) is 15.8. The Morgan fingerprint density at radius 1 is 1.22 bits per heavy atom. The zero-order chi connectivity index (χ0) is 18.8. The van der Waals surface area contributed by atoms with Gasteiger partial charge in [-0.25, -0.2) is 9.98 Å². The van der Waals surface area contributed by atoms with E-state index in [4.69, 9.17) is 16.0 Å². The average molecular weight is 398 g/mol. The number of phenolic OH excluding ortho intramolecular Hbond substituents is 1. The van der Waals surface area contributed by atoms with E-state index in [0.29, 0.717) is 26.8 Å². The van der Waals surface area contributed by atoms with Crippen molar-refractivity contribution in [3.63, 3.8) is 0 Å². The molecule has 0 fully saturated rings. The molecule has 2 heterocycles. The van der Waals surface area contributed by atoms with Gasteiger partial charge in [0.05, 0.1) is 5.69 Å². The number of fused-ring (bicyclic) bond motifs is 1. The van der Waals surface area contributed by atoms with E-state index in [1.807, 2.05) is 0 Å². The summed E-state index contributed by atoms with van der Waals surface area (Å²) in [6, 6.07) is 13.2. The molecule has 4 rings (SSSR count). The molecule has 0 spiro atoms. The first kappa shape index (κ1) is 17.3. The van der Waals surface area contributed by atoms with Crippen LogP contribution >= 0.6 is 22.9 Å². The summed E-state index contributed by atoms with van der Waals surface area (Å²) in [6.45, 7) is 0. The Labute approximate surface area is 162 Å². The molecular formula is C19H12ClN3O3S. The third-order valence-electron chi connectivity index (χ3n) is 3.67. The number of benzene rings is 2. The minimum absolute atomic E-state index is 0.0555. The second-order valence-electron chi connectivity index (χ2n) is 5.57. The van der Waals surface area contributed by atoms with Crippen molar-refractivity contribution in [3.05, 3.63) is 76.2 Å². The van der Waals surface area contributed by atoms with E-state index in [9.17, 15) is 9.90 Å². The Morgan fingerprint density at radius 3 is 2.89 bits per heavy atom. The van der Waals surface area contributed by atoms with E-state index < -0.39 is 5.91 Å². The van der Waals surface area contributed by atoms with Crippen molar-refractivity contribution in [2.24, 2.45) is 4.99 Å². The average Bonchev–Trinajstić information content (AvgIpc) is 3.14. The number of aromatic hydroxyl groups is 1. The highest BCUT2D eigenvalue weighted by Crippen LogP contribution is 2.22. The van der Waals surface area contributed by atoms with Crippen LogP contribution in [0.4, 0.5) is 10.8 Å². The second kappa shape index (κ2) is 7.22. The number of nitrogens with zero attached hydrogens (tertiary/aromatic N) is 2. The van der Waals surface area contributed by atoms with Crippen molar-refractivity contribution in [3.8, 4) is 5.75 Å². The number of phenols is 1. The van der Waals surface area contributed by atoms with Gasteiger partial charge in [-0.05, 0) is 36.4 Å². The molecular weight excluding hydrogens is 386 g/mol. The van der Waals surface area contributed by atoms with Crippen LogP contribution in [0.1, 0.15) is 10.4 Å².